The van der Waals surface area contributed by atoms with Crippen molar-refractivity contribution in [3.05, 3.63) is 24.0 Å². The molecule has 0 saturated carbocycles. The molecule has 2 amide bonds. The predicted molar refractivity (Wildman–Crippen MR) is 95.1 cm³/mol. The minimum atomic E-state index is -0.596. The van der Waals surface area contributed by atoms with Crippen molar-refractivity contribution in [2.24, 2.45) is 5.92 Å². The van der Waals surface area contributed by atoms with Gasteiger partial charge in [-0.25, -0.2) is 9.18 Å². The summed E-state index contributed by atoms with van der Waals surface area (Å²) in [6, 6.07) is 4.43. The maximum atomic E-state index is 14.7. The Bertz CT molecular complexity index is 757. The topological polar surface area (TPSA) is 99.2 Å². The molecule has 2 heterocycles. The van der Waals surface area contributed by atoms with Crippen molar-refractivity contribution in [3.8, 4) is 0 Å². The number of carbonyl (C=O) groups is 3. The zero-order valence-electron chi connectivity index (χ0n) is 15.0. The number of halogens is 1. The highest BCUT2D eigenvalue weighted by Gasteiger charge is 2.33. The normalized spacial score (nSPS) is 22.8. The summed E-state index contributed by atoms with van der Waals surface area (Å²) in [6.45, 7) is 2.17. The Kier molecular flexibility index (Phi) is 5.59. The highest BCUT2D eigenvalue weighted by molar-refractivity contribution is 5.90. The first-order valence-electron chi connectivity index (χ1n) is 8.79. The first-order valence-corrected chi connectivity index (χ1v) is 8.79. The summed E-state index contributed by atoms with van der Waals surface area (Å²) < 4.78 is 19.8. The lowest BCUT2D eigenvalue weighted by atomic mass is 9.97. The Hall–Kier alpha value is -2.68. The second-order valence-corrected chi connectivity index (χ2v) is 6.73. The number of anilines is 2. The summed E-state index contributed by atoms with van der Waals surface area (Å²) in [6.07, 6.45) is -0.834. The number of ether oxygens (including phenoxy) is 1. The molecule has 27 heavy (non-hydrogen) atoms. The number of nitrogens with zero attached hydrogens (tertiary/aromatic N) is 2. The summed E-state index contributed by atoms with van der Waals surface area (Å²) in [7, 11) is 0. The van der Waals surface area contributed by atoms with Gasteiger partial charge in [-0.2, -0.15) is 0 Å². The van der Waals surface area contributed by atoms with E-state index in [1.54, 1.807) is 17.0 Å². The summed E-state index contributed by atoms with van der Waals surface area (Å²) in [5.41, 5.74) is 0.686. The molecular formula is C18H22FN3O5. The second kappa shape index (κ2) is 7.91. The van der Waals surface area contributed by atoms with Gasteiger partial charge in [0.15, 0.2) is 0 Å². The standard InChI is InChI=1S/C18H22FN3O5/c1-11(24)20-7-14-9-22(18(26)27-14)13-2-3-16(15(19)6-13)21-5-4-17(25)12(8-21)10-23/h2-3,6,12,14,23H,4-5,7-10H2,1H3,(H,20,24). The molecule has 2 saturated heterocycles. The molecule has 0 aromatic heterocycles. The van der Waals surface area contributed by atoms with E-state index in [1.165, 1.54) is 17.9 Å². The molecule has 2 aliphatic rings. The predicted octanol–water partition coefficient (Wildman–Crippen LogP) is 0.675. The Morgan fingerprint density at radius 3 is 2.81 bits per heavy atom. The van der Waals surface area contributed by atoms with E-state index in [0.717, 1.165) is 0 Å². The third-order valence-corrected chi connectivity index (χ3v) is 4.78. The van der Waals surface area contributed by atoms with E-state index >= 15 is 0 Å². The van der Waals surface area contributed by atoms with E-state index in [1.807, 2.05) is 0 Å². The van der Waals surface area contributed by atoms with Crippen LogP contribution < -0.4 is 15.1 Å². The van der Waals surface area contributed by atoms with Gasteiger partial charge >= 0.3 is 6.09 Å². The number of carbonyl (C=O) groups excluding carboxylic acids is 3. The molecule has 2 atom stereocenters. The summed E-state index contributed by atoms with van der Waals surface area (Å²) in [5, 5.41) is 11.9. The molecule has 0 spiro atoms. The van der Waals surface area contributed by atoms with E-state index in [9.17, 15) is 23.9 Å². The number of rotatable bonds is 5. The van der Waals surface area contributed by atoms with Gasteiger partial charge in [0.05, 0.1) is 37.0 Å². The Balaban J connectivity index is 1.70. The molecule has 2 aliphatic heterocycles. The number of aliphatic hydroxyl groups excluding tert-OH is 1. The van der Waals surface area contributed by atoms with Crippen LogP contribution in [0.5, 0.6) is 0 Å². The van der Waals surface area contributed by atoms with E-state index in [2.05, 4.69) is 5.32 Å². The van der Waals surface area contributed by atoms with Gasteiger partial charge in [0.1, 0.15) is 17.7 Å². The molecule has 2 unspecified atom stereocenters. The number of Topliss-reactive ketones (excluding diaryl/α,β-unsaturated/α-hetero) is 1. The van der Waals surface area contributed by atoms with Gasteiger partial charge in [0.2, 0.25) is 5.91 Å². The number of cyclic esters (lactones) is 1. The fraction of sp³-hybridized carbons (Fsp3) is 0.500. The number of benzene rings is 1. The largest absolute Gasteiger partial charge is 0.442 e. The van der Waals surface area contributed by atoms with E-state index in [-0.39, 0.29) is 44.4 Å². The fourth-order valence-corrected chi connectivity index (χ4v) is 3.30. The van der Waals surface area contributed by atoms with Crippen LogP contribution >= 0.6 is 0 Å². The molecule has 1 aromatic rings. The maximum Gasteiger partial charge on any atom is 0.414 e. The zero-order chi connectivity index (χ0) is 19.6. The number of piperidine rings is 1. The average molecular weight is 379 g/mol. The van der Waals surface area contributed by atoms with Crippen molar-refractivity contribution >= 4 is 29.2 Å². The van der Waals surface area contributed by atoms with Crippen LogP contribution in [-0.4, -0.2) is 61.8 Å². The number of aliphatic hydroxyl groups is 1. The van der Waals surface area contributed by atoms with Crippen LogP contribution in [0.4, 0.5) is 20.6 Å². The third-order valence-electron chi connectivity index (χ3n) is 4.78. The van der Waals surface area contributed by atoms with E-state index in [4.69, 9.17) is 4.74 Å². The highest BCUT2D eigenvalue weighted by Crippen LogP contribution is 2.29. The van der Waals surface area contributed by atoms with Crippen molar-refractivity contribution < 1.29 is 28.6 Å². The van der Waals surface area contributed by atoms with Crippen molar-refractivity contribution in [1.29, 1.82) is 0 Å². The quantitative estimate of drug-likeness (QED) is 0.780. The van der Waals surface area contributed by atoms with Gasteiger partial charge in [-0.05, 0) is 18.2 Å². The minimum absolute atomic E-state index is 0.0178. The Morgan fingerprint density at radius 1 is 1.37 bits per heavy atom. The van der Waals surface area contributed by atoms with Crippen LogP contribution in [0.1, 0.15) is 13.3 Å². The van der Waals surface area contributed by atoms with Crippen LogP contribution in [-0.2, 0) is 14.3 Å². The lowest BCUT2D eigenvalue weighted by Gasteiger charge is -2.33. The zero-order valence-corrected chi connectivity index (χ0v) is 15.0. The van der Waals surface area contributed by atoms with Gasteiger partial charge in [0.25, 0.3) is 0 Å². The molecule has 2 fully saturated rings. The molecule has 8 nitrogen and oxygen atoms in total. The molecule has 1 aromatic carbocycles. The van der Waals surface area contributed by atoms with E-state index < -0.39 is 23.9 Å². The first kappa shape index (κ1) is 19.1. The van der Waals surface area contributed by atoms with Crippen molar-refractivity contribution in [3.63, 3.8) is 0 Å². The molecule has 0 aliphatic carbocycles. The van der Waals surface area contributed by atoms with Gasteiger partial charge < -0.3 is 20.1 Å². The average Bonchev–Trinajstić information content (AvgIpc) is 3.01. The third kappa shape index (κ3) is 4.19. The number of amides is 2. The van der Waals surface area contributed by atoms with Crippen LogP contribution in [0.15, 0.2) is 18.2 Å². The van der Waals surface area contributed by atoms with Gasteiger partial charge in [-0.15, -0.1) is 0 Å². The number of ketones is 1. The summed E-state index contributed by atoms with van der Waals surface area (Å²) in [4.78, 5) is 37.8. The molecule has 0 bridgehead atoms. The van der Waals surface area contributed by atoms with Crippen molar-refractivity contribution in [2.75, 3.05) is 42.6 Å². The molecular weight excluding hydrogens is 357 g/mol. The second-order valence-electron chi connectivity index (χ2n) is 6.73. The van der Waals surface area contributed by atoms with Crippen LogP contribution in [0.2, 0.25) is 0 Å². The fourth-order valence-electron chi connectivity index (χ4n) is 3.30. The van der Waals surface area contributed by atoms with Crippen LogP contribution in [0.25, 0.3) is 0 Å². The lowest BCUT2D eigenvalue weighted by Crippen LogP contribution is -2.42. The Morgan fingerprint density at radius 2 is 2.15 bits per heavy atom. The van der Waals surface area contributed by atoms with Crippen LogP contribution in [0.3, 0.4) is 0 Å². The van der Waals surface area contributed by atoms with Gasteiger partial charge in [0, 0.05) is 26.4 Å². The van der Waals surface area contributed by atoms with Crippen molar-refractivity contribution in [1.82, 2.24) is 5.32 Å². The molecule has 0 radical (unpaired) electrons. The van der Waals surface area contributed by atoms with E-state index in [0.29, 0.717) is 17.9 Å². The summed E-state index contributed by atoms with van der Waals surface area (Å²) >= 11 is 0. The number of nitrogens with one attached hydrogen (secondary N) is 1. The smallest absolute Gasteiger partial charge is 0.414 e. The first-order chi connectivity index (χ1) is 12.9. The SMILES string of the molecule is CC(=O)NCC1CN(c2ccc(N3CCC(=O)C(CO)C3)c(F)c2)C(=O)O1. The van der Waals surface area contributed by atoms with Gasteiger partial charge in [-0.3, -0.25) is 14.5 Å². The monoisotopic (exact) mass is 379 g/mol. The molecule has 3 rings (SSSR count). The number of hydrogen-bond acceptors (Lipinski definition) is 6. The Labute approximate surface area is 155 Å². The highest BCUT2D eigenvalue weighted by atomic mass is 19.1. The molecule has 146 valence electrons. The number of hydrogen-bond donors (Lipinski definition) is 2. The lowest BCUT2D eigenvalue weighted by molar-refractivity contribution is -0.124. The minimum Gasteiger partial charge on any atom is -0.442 e. The molecule has 9 heteroatoms. The van der Waals surface area contributed by atoms with Crippen molar-refractivity contribution in [2.45, 2.75) is 19.4 Å². The summed E-state index contributed by atoms with van der Waals surface area (Å²) in [5.74, 6) is -1.27. The van der Waals surface area contributed by atoms with Gasteiger partial charge in [-0.1, -0.05) is 0 Å². The van der Waals surface area contributed by atoms with Crippen LogP contribution in [0, 0.1) is 11.7 Å². The maximum absolute atomic E-state index is 14.7. The molecule has 2 N–H and O–H groups in total.